The Labute approximate surface area is 174 Å². The van der Waals surface area contributed by atoms with Gasteiger partial charge in [-0.3, -0.25) is 14.7 Å². The number of benzene rings is 1. The maximum absolute atomic E-state index is 13.6. The molecule has 1 saturated heterocycles. The molecule has 4 rings (SSSR count). The average Bonchev–Trinajstić information content (AvgIpc) is 2.62. The first-order valence-electron chi connectivity index (χ1n) is 10.9. The molecular formula is C24H34N4O. The van der Waals surface area contributed by atoms with Crippen molar-refractivity contribution in [3.63, 3.8) is 0 Å². The Balaban J connectivity index is 1.72. The van der Waals surface area contributed by atoms with Gasteiger partial charge in [0.15, 0.2) is 0 Å². The molecule has 1 fully saturated rings. The zero-order chi connectivity index (χ0) is 20.8. The van der Waals surface area contributed by atoms with Crippen LogP contribution in [-0.4, -0.2) is 46.0 Å². The summed E-state index contributed by atoms with van der Waals surface area (Å²) in [5.41, 5.74) is 3.95. The third-order valence-corrected chi connectivity index (χ3v) is 6.33. The number of aromatic nitrogens is 1. The van der Waals surface area contributed by atoms with Gasteiger partial charge in [-0.15, -0.1) is 0 Å². The fourth-order valence-corrected chi connectivity index (χ4v) is 5.46. The molecule has 5 nitrogen and oxygen atoms in total. The van der Waals surface area contributed by atoms with Crippen LogP contribution in [-0.2, 0) is 13.0 Å². The van der Waals surface area contributed by atoms with Crippen LogP contribution in [0.3, 0.4) is 0 Å². The molecule has 2 aromatic rings. The monoisotopic (exact) mass is 394 g/mol. The van der Waals surface area contributed by atoms with Gasteiger partial charge in [-0.05, 0) is 53.1 Å². The van der Waals surface area contributed by atoms with Gasteiger partial charge in [0.25, 0.3) is 5.91 Å². The van der Waals surface area contributed by atoms with Crippen LogP contribution in [0.5, 0.6) is 0 Å². The summed E-state index contributed by atoms with van der Waals surface area (Å²) in [6, 6.07) is 8.23. The van der Waals surface area contributed by atoms with E-state index in [1.165, 1.54) is 0 Å². The first kappa shape index (κ1) is 20.3. The van der Waals surface area contributed by atoms with Gasteiger partial charge in [0.1, 0.15) is 0 Å². The SMILES string of the molecule is CCN1CCc2nc3ccccc3c(C(=O)NC3CC(C)(C)NC(C)(C)C3)c2C1. The van der Waals surface area contributed by atoms with E-state index in [1.54, 1.807) is 0 Å². The number of nitrogens with one attached hydrogen (secondary N) is 2. The number of hydrogen-bond donors (Lipinski definition) is 2. The molecule has 0 aliphatic carbocycles. The van der Waals surface area contributed by atoms with Crippen LogP contribution in [0.25, 0.3) is 10.9 Å². The molecule has 0 unspecified atom stereocenters. The van der Waals surface area contributed by atoms with Crippen LogP contribution in [0.4, 0.5) is 0 Å². The van der Waals surface area contributed by atoms with E-state index in [0.717, 1.165) is 66.6 Å². The number of pyridine rings is 1. The van der Waals surface area contributed by atoms with E-state index in [9.17, 15) is 4.79 Å². The molecule has 2 aliphatic heterocycles. The second-order valence-corrected chi connectivity index (χ2v) is 10.0. The van der Waals surface area contributed by atoms with Gasteiger partial charge in [-0.25, -0.2) is 0 Å². The molecule has 5 heteroatoms. The zero-order valence-corrected chi connectivity index (χ0v) is 18.4. The highest BCUT2D eigenvalue weighted by Crippen LogP contribution is 2.31. The average molecular weight is 395 g/mol. The van der Waals surface area contributed by atoms with Crippen molar-refractivity contribution in [3.05, 3.63) is 41.1 Å². The molecule has 0 bridgehead atoms. The quantitative estimate of drug-likeness (QED) is 0.834. The topological polar surface area (TPSA) is 57.3 Å². The van der Waals surface area contributed by atoms with E-state index < -0.39 is 0 Å². The van der Waals surface area contributed by atoms with Crippen LogP contribution in [0.1, 0.15) is 69.1 Å². The Morgan fingerprint density at radius 2 is 1.90 bits per heavy atom. The van der Waals surface area contributed by atoms with E-state index in [0.29, 0.717) is 0 Å². The largest absolute Gasteiger partial charge is 0.349 e. The molecule has 29 heavy (non-hydrogen) atoms. The number of amides is 1. The van der Waals surface area contributed by atoms with Gasteiger partial charge in [0, 0.05) is 53.3 Å². The van der Waals surface area contributed by atoms with Gasteiger partial charge in [-0.2, -0.15) is 0 Å². The van der Waals surface area contributed by atoms with Crippen molar-refractivity contribution in [3.8, 4) is 0 Å². The molecule has 0 atom stereocenters. The van der Waals surface area contributed by atoms with E-state index in [-0.39, 0.29) is 23.0 Å². The Morgan fingerprint density at radius 1 is 1.21 bits per heavy atom. The summed E-state index contributed by atoms with van der Waals surface area (Å²) in [6.07, 6.45) is 2.75. The minimum Gasteiger partial charge on any atom is -0.349 e. The lowest BCUT2D eigenvalue weighted by molar-refractivity contribution is 0.0872. The fourth-order valence-electron chi connectivity index (χ4n) is 5.46. The second kappa shape index (κ2) is 7.37. The number of nitrogens with zero attached hydrogens (tertiary/aromatic N) is 2. The highest BCUT2D eigenvalue weighted by Gasteiger charge is 2.38. The van der Waals surface area contributed by atoms with Crippen LogP contribution in [0, 0.1) is 0 Å². The number of likely N-dealkylation sites (N-methyl/N-ethyl adjacent to an activating group) is 1. The lowest BCUT2D eigenvalue weighted by Crippen LogP contribution is -2.62. The summed E-state index contributed by atoms with van der Waals surface area (Å²) >= 11 is 0. The third kappa shape index (κ3) is 4.17. The van der Waals surface area contributed by atoms with Gasteiger partial charge >= 0.3 is 0 Å². The number of para-hydroxylation sites is 1. The van der Waals surface area contributed by atoms with Crippen LogP contribution < -0.4 is 10.6 Å². The number of carbonyl (C=O) groups is 1. The molecular weight excluding hydrogens is 360 g/mol. The third-order valence-electron chi connectivity index (χ3n) is 6.33. The minimum absolute atomic E-state index is 0.00154. The summed E-state index contributed by atoms with van der Waals surface area (Å²) in [5.74, 6) is 0.0521. The lowest BCUT2D eigenvalue weighted by Gasteiger charge is -2.46. The summed E-state index contributed by atoms with van der Waals surface area (Å²) in [6.45, 7) is 13.8. The van der Waals surface area contributed by atoms with Gasteiger partial charge in [-0.1, -0.05) is 25.1 Å². The second-order valence-electron chi connectivity index (χ2n) is 10.0. The summed E-state index contributed by atoms with van der Waals surface area (Å²) in [5, 5.41) is 8.06. The molecule has 1 amide bonds. The first-order valence-corrected chi connectivity index (χ1v) is 10.9. The van der Waals surface area contributed by atoms with E-state index in [1.807, 2.05) is 24.3 Å². The number of hydrogen-bond acceptors (Lipinski definition) is 4. The lowest BCUT2D eigenvalue weighted by atomic mass is 9.79. The number of rotatable bonds is 3. The highest BCUT2D eigenvalue weighted by molar-refractivity contribution is 6.07. The van der Waals surface area contributed by atoms with E-state index >= 15 is 0 Å². The first-order chi connectivity index (χ1) is 13.7. The summed E-state index contributed by atoms with van der Waals surface area (Å²) < 4.78 is 0. The molecule has 0 saturated carbocycles. The Kier molecular flexibility index (Phi) is 5.16. The van der Waals surface area contributed by atoms with Crippen LogP contribution in [0.15, 0.2) is 24.3 Å². The molecule has 0 spiro atoms. The van der Waals surface area contributed by atoms with Crippen molar-refractivity contribution in [2.45, 2.75) is 77.5 Å². The smallest absolute Gasteiger partial charge is 0.252 e. The number of carbonyl (C=O) groups excluding carboxylic acids is 1. The van der Waals surface area contributed by atoms with Gasteiger partial charge in [0.05, 0.1) is 11.1 Å². The molecule has 3 heterocycles. The minimum atomic E-state index is -0.00154. The van der Waals surface area contributed by atoms with Gasteiger partial charge in [0.2, 0.25) is 0 Å². The van der Waals surface area contributed by atoms with Gasteiger partial charge < -0.3 is 10.6 Å². The Bertz CT molecular complexity index is 918. The molecule has 1 aromatic heterocycles. The van der Waals surface area contributed by atoms with E-state index in [4.69, 9.17) is 4.98 Å². The predicted molar refractivity (Wildman–Crippen MR) is 118 cm³/mol. The maximum Gasteiger partial charge on any atom is 0.252 e. The fraction of sp³-hybridized carbons (Fsp3) is 0.583. The van der Waals surface area contributed by atoms with Crippen LogP contribution in [0.2, 0.25) is 0 Å². The summed E-state index contributed by atoms with van der Waals surface area (Å²) in [4.78, 5) is 20.9. The molecule has 156 valence electrons. The van der Waals surface area contributed by atoms with Crippen LogP contribution >= 0.6 is 0 Å². The number of piperidine rings is 1. The van der Waals surface area contributed by atoms with Crippen molar-refractivity contribution in [1.29, 1.82) is 0 Å². The standard InChI is InChI=1S/C24H34N4O/c1-6-28-12-11-20-18(15-28)21(17-9-7-8-10-19(17)26-20)22(29)25-16-13-23(2,3)27-24(4,5)14-16/h7-10,16,27H,6,11-15H2,1-5H3,(H,25,29). The van der Waals surface area contributed by atoms with Crippen molar-refractivity contribution < 1.29 is 4.79 Å². The van der Waals surface area contributed by atoms with E-state index in [2.05, 4.69) is 50.2 Å². The molecule has 2 aliphatic rings. The zero-order valence-electron chi connectivity index (χ0n) is 18.4. The van der Waals surface area contributed by atoms with Crippen molar-refractivity contribution in [1.82, 2.24) is 20.5 Å². The predicted octanol–water partition coefficient (Wildman–Crippen LogP) is 3.65. The Hall–Kier alpha value is -1.98. The van der Waals surface area contributed by atoms with Crippen molar-refractivity contribution >= 4 is 16.8 Å². The number of fused-ring (bicyclic) bond motifs is 2. The normalized spacial score (nSPS) is 21.7. The molecule has 1 aromatic carbocycles. The Morgan fingerprint density at radius 3 is 2.59 bits per heavy atom. The molecule has 0 radical (unpaired) electrons. The van der Waals surface area contributed by atoms with Crippen molar-refractivity contribution in [2.24, 2.45) is 0 Å². The van der Waals surface area contributed by atoms with Crippen molar-refractivity contribution in [2.75, 3.05) is 13.1 Å². The maximum atomic E-state index is 13.6. The molecule has 2 N–H and O–H groups in total. The highest BCUT2D eigenvalue weighted by atomic mass is 16.1. The summed E-state index contributed by atoms with van der Waals surface area (Å²) in [7, 11) is 0.